The van der Waals surface area contributed by atoms with E-state index < -0.39 is 11.9 Å². The van der Waals surface area contributed by atoms with Gasteiger partial charge in [-0.25, -0.2) is 4.79 Å². The Morgan fingerprint density at radius 3 is 2.39 bits per heavy atom. The molecule has 0 spiro atoms. The van der Waals surface area contributed by atoms with Crippen LogP contribution in [0.3, 0.4) is 0 Å². The Labute approximate surface area is 107 Å². The molecule has 0 aliphatic rings. The molecule has 0 aliphatic heterocycles. The van der Waals surface area contributed by atoms with Gasteiger partial charge < -0.3 is 11.5 Å². The van der Waals surface area contributed by atoms with Crippen molar-refractivity contribution < 1.29 is 9.59 Å². The first-order chi connectivity index (χ1) is 8.59. The summed E-state index contributed by atoms with van der Waals surface area (Å²) in [6.45, 7) is 0. The van der Waals surface area contributed by atoms with E-state index in [0.29, 0.717) is 5.69 Å². The number of nitrogens with two attached hydrogens (primary N) is 2. The number of hydrogen-bond donors (Lipinski definition) is 3. The molecule has 0 saturated carbocycles. The van der Waals surface area contributed by atoms with E-state index in [2.05, 4.69) is 9.69 Å². The van der Waals surface area contributed by atoms with E-state index in [9.17, 15) is 9.59 Å². The smallest absolute Gasteiger partial charge is 0.317 e. The molecule has 92 valence electrons. The van der Waals surface area contributed by atoms with E-state index in [1.54, 1.807) is 12.1 Å². The number of carbonyl (C=O) groups is 2. The molecule has 5 N–H and O–H groups in total. The number of primary amides is 2. The maximum absolute atomic E-state index is 11.5. The third kappa shape index (κ3) is 2.30. The van der Waals surface area contributed by atoms with E-state index >= 15 is 0 Å². The molecular formula is C11H10N4O2S. The van der Waals surface area contributed by atoms with Gasteiger partial charge in [0.1, 0.15) is 10.6 Å². The molecule has 7 heteroatoms. The standard InChI is InChI=1S/C11H10N4O2S/c12-9(16)7-8(6-4-2-1-3-5-6)15-18-10(7)14-11(13)17/h1-5H,(H2,12,16)(H3,13,14,17). The molecule has 0 saturated heterocycles. The molecule has 1 heterocycles. The lowest BCUT2D eigenvalue weighted by molar-refractivity contribution is 0.100. The van der Waals surface area contributed by atoms with Crippen molar-refractivity contribution in [1.82, 2.24) is 4.37 Å². The van der Waals surface area contributed by atoms with E-state index in [0.717, 1.165) is 17.1 Å². The minimum Gasteiger partial charge on any atom is -0.365 e. The van der Waals surface area contributed by atoms with Crippen molar-refractivity contribution in [1.29, 1.82) is 0 Å². The molecule has 2 rings (SSSR count). The van der Waals surface area contributed by atoms with Crippen LogP contribution in [0.4, 0.5) is 9.80 Å². The van der Waals surface area contributed by atoms with Crippen molar-refractivity contribution in [3.8, 4) is 11.3 Å². The summed E-state index contributed by atoms with van der Waals surface area (Å²) < 4.78 is 4.13. The van der Waals surface area contributed by atoms with Gasteiger partial charge in [-0.1, -0.05) is 30.3 Å². The second kappa shape index (κ2) is 4.84. The fraction of sp³-hybridized carbons (Fsp3) is 0. The molecular weight excluding hydrogens is 252 g/mol. The van der Waals surface area contributed by atoms with Gasteiger partial charge in [0.05, 0.1) is 5.69 Å². The van der Waals surface area contributed by atoms with Gasteiger partial charge in [-0.05, 0) is 11.5 Å². The molecule has 3 amide bonds. The lowest BCUT2D eigenvalue weighted by Crippen LogP contribution is -2.21. The predicted molar refractivity (Wildman–Crippen MR) is 69.3 cm³/mol. The average Bonchev–Trinajstić information content (AvgIpc) is 2.73. The molecule has 0 radical (unpaired) electrons. The summed E-state index contributed by atoms with van der Waals surface area (Å²) in [6, 6.07) is 8.33. The van der Waals surface area contributed by atoms with Gasteiger partial charge in [-0.2, -0.15) is 4.37 Å². The van der Waals surface area contributed by atoms with E-state index in [1.165, 1.54) is 0 Å². The largest absolute Gasteiger partial charge is 0.365 e. The number of aromatic nitrogens is 1. The Balaban J connectivity index is 2.52. The molecule has 0 fully saturated rings. The SMILES string of the molecule is NC(=O)Nc1snc(-c2ccccc2)c1C(N)=O. The van der Waals surface area contributed by atoms with Crippen LogP contribution in [0.2, 0.25) is 0 Å². The van der Waals surface area contributed by atoms with E-state index in [4.69, 9.17) is 11.5 Å². The number of hydrogen-bond acceptors (Lipinski definition) is 4. The summed E-state index contributed by atoms with van der Waals surface area (Å²) in [7, 11) is 0. The van der Waals surface area contributed by atoms with Crippen LogP contribution >= 0.6 is 11.5 Å². The molecule has 0 aliphatic carbocycles. The summed E-state index contributed by atoms with van der Waals surface area (Å²) in [5.41, 5.74) is 11.7. The zero-order chi connectivity index (χ0) is 13.1. The maximum atomic E-state index is 11.5. The van der Waals surface area contributed by atoms with Crippen molar-refractivity contribution in [2.75, 3.05) is 5.32 Å². The summed E-state index contributed by atoms with van der Waals surface area (Å²) >= 11 is 0.965. The minimum absolute atomic E-state index is 0.171. The Kier molecular flexibility index (Phi) is 3.24. The molecule has 0 bridgehead atoms. The lowest BCUT2D eigenvalue weighted by Gasteiger charge is -2.02. The number of benzene rings is 1. The van der Waals surface area contributed by atoms with Crippen LogP contribution in [-0.2, 0) is 0 Å². The van der Waals surface area contributed by atoms with Crippen LogP contribution in [0.5, 0.6) is 0 Å². The van der Waals surface area contributed by atoms with E-state index in [-0.39, 0.29) is 10.6 Å². The first kappa shape index (κ1) is 12.1. The van der Waals surface area contributed by atoms with Gasteiger partial charge in [-0.15, -0.1) is 0 Å². The van der Waals surface area contributed by atoms with E-state index in [1.807, 2.05) is 18.2 Å². The van der Waals surface area contributed by atoms with Crippen molar-refractivity contribution in [3.63, 3.8) is 0 Å². The van der Waals surface area contributed by atoms with Crippen LogP contribution in [0, 0.1) is 0 Å². The van der Waals surface area contributed by atoms with Gasteiger partial charge in [0.15, 0.2) is 0 Å². The van der Waals surface area contributed by atoms with Gasteiger partial charge in [0.25, 0.3) is 5.91 Å². The summed E-state index contributed by atoms with van der Waals surface area (Å²) in [5.74, 6) is -0.661. The van der Waals surface area contributed by atoms with Gasteiger partial charge in [0.2, 0.25) is 0 Å². The number of nitrogens with one attached hydrogen (secondary N) is 1. The highest BCUT2D eigenvalue weighted by atomic mass is 32.1. The molecule has 0 atom stereocenters. The second-order valence-electron chi connectivity index (χ2n) is 3.45. The van der Waals surface area contributed by atoms with Crippen molar-refractivity contribution in [2.45, 2.75) is 0 Å². The van der Waals surface area contributed by atoms with Crippen LogP contribution in [-0.4, -0.2) is 16.3 Å². The van der Waals surface area contributed by atoms with Crippen molar-refractivity contribution in [3.05, 3.63) is 35.9 Å². The topological polar surface area (TPSA) is 111 Å². The second-order valence-corrected chi connectivity index (χ2v) is 4.23. The zero-order valence-electron chi connectivity index (χ0n) is 9.21. The quantitative estimate of drug-likeness (QED) is 0.777. The summed E-state index contributed by atoms with van der Waals surface area (Å²) in [6.07, 6.45) is 0. The van der Waals surface area contributed by atoms with Crippen LogP contribution in [0.15, 0.2) is 30.3 Å². The Morgan fingerprint density at radius 1 is 1.17 bits per heavy atom. The number of amides is 3. The number of urea groups is 1. The highest BCUT2D eigenvalue weighted by Crippen LogP contribution is 2.31. The highest BCUT2D eigenvalue weighted by molar-refractivity contribution is 7.11. The molecule has 2 aromatic rings. The van der Waals surface area contributed by atoms with Crippen LogP contribution in [0.1, 0.15) is 10.4 Å². The maximum Gasteiger partial charge on any atom is 0.317 e. The van der Waals surface area contributed by atoms with Crippen LogP contribution < -0.4 is 16.8 Å². The lowest BCUT2D eigenvalue weighted by atomic mass is 10.1. The van der Waals surface area contributed by atoms with Crippen molar-refractivity contribution >= 4 is 28.5 Å². The normalized spacial score (nSPS) is 10.0. The van der Waals surface area contributed by atoms with Gasteiger partial charge in [-0.3, -0.25) is 10.1 Å². The highest BCUT2D eigenvalue weighted by Gasteiger charge is 2.20. The Morgan fingerprint density at radius 2 is 1.83 bits per heavy atom. The average molecular weight is 262 g/mol. The summed E-state index contributed by atoms with van der Waals surface area (Å²) in [4.78, 5) is 22.3. The predicted octanol–water partition coefficient (Wildman–Crippen LogP) is 1.40. The van der Waals surface area contributed by atoms with Gasteiger partial charge in [0, 0.05) is 5.56 Å². The molecule has 18 heavy (non-hydrogen) atoms. The Bertz CT molecular complexity index is 594. The third-order valence-electron chi connectivity index (χ3n) is 2.22. The number of carbonyl (C=O) groups excluding carboxylic acids is 2. The molecule has 1 aromatic heterocycles. The fourth-order valence-electron chi connectivity index (χ4n) is 1.51. The minimum atomic E-state index is -0.763. The van der Waals surface area contributed by atoms with Crippen LogP contribution in [0.25, 0.3) is 11.3 Å². The van der Waals surface area contributed by atoms with Crippen molar-refractivity contribution in [2.24, 2.45) is 11.5 Å². The monoisotopic (exact) mass is 262 g/mol. The number of anilines is 1. The fourth-order valence-corrected chi connectivity index (χ4v) is 2.32. The van der Waals surface area contributed by atoms with Gasteiger partial charge >= 0.3 is 6.03 Å². The summed E-state index contributed by atoms with van der Waals surface area (Å²) in [5, 5.41) is 2.60. The first-order valence-electron chi connectivity index (χ1n) is 5.01. The number of nitrogens with zero attached hydrogens (tertiary/aromatic N) is 1. The molecule has 0 unspecified atom stereocenters. The third-order valence-corrected chi connectivity index (χ3v) is 2.99. The first-order valence-corrected chi connectivity index (χ1v) is 5.78. The molecule has 1 aromatic carbocycles. The number of rotatable bonds is 3. The zero-order valence-corrected chi connectivity index (χ0v) is 10.0. The Hall–Kier alpha value is -2.41. The molecule has 6 nitrogen and oxygen atoms in total.